The van der Waals surface area contributed by atoms with E-state index < -0.39 is 6.61 Å². The second-order valence-corrected chi connectivity index (χ2v) is 5.43. The predicted octanol–water partition coefficient (Wildman–Crippen LogP) is 2.99. The molecule has 0 bridgehead atoms. The Morgan fingerprint density at radius 1 is 1.00 bits per heavy atom. The van der Waals surface area contributed by atoms with Crippen LogP contribution in [0.3, 0.4) is 0 Å². The Kier molecular flexibility index (Phi) is 6.71. The highest BCUT2D eigenvalue weighted by Gasteiger charge is 2.08. The van der Waals surface area contributed by atoms with E-state index in [1.807, 2.05) is 0 Å². The van der Waals surface area contributed by atoms with Gasteiger partial charge in [-0.1, -0.05) is 23.7 Å². The van der Waals surface area contributed by atoms with Gasteiger partial charge in [0.1, 0.15) is 5.75 Å². The number of ether oxygens (including phenoxy) is 1. The zero-order valence-corrected chi connectivity index (χ0v) is 13.7. The molecule has 2 aromatic rings. The Morgan fingerprint density at radius 3 is 2.24 bits per heavy atom. The van der Waals surface area contributed by atoms with Gasteiger partial charge < -0.3 is 15.4 Å². The minimum Gasteiger partial charge on any atom is -0.435 e. The molecule has 0 saturated carbocycles. The van der Waals surface area contributed by atoms with Crippen molar-refractivity contribution in [3.8, 4) is 5.75 Å². The molecule has 0 saturated heterocycles. The molecular weight excluding hydrogens is 354 g/mol. The first-order valence-corrected chi connectivity index (χ1v) is 7.66. The van der Waals surface area contributed by atoms with Crippen molar-refractivity contribution < 1.29 is 23.1 Å². The van der Waals surface area contributed by atoms with Crippen molar-refractivity contribution in [2.45, 2.75) is 13.2 Å². The average Bonchev–Trinajstić information content (AvgIpc) is 2.59. The molecule has 0 spiro atoms. The summed E-state index contributed by atoms with van der Waals surface area (Å²) in [7, 11) is 0. The van der Waals surface area contributed by atoms with Crippen LogP contribution in [0.25, 0.3) is 0 Å². The molecule has 0 aliphatic rings. The van der Waals surface area contributed by atoms with Crippen LogP contribution in [0.2, 0.25) is 5.02 Å². The lowest BCUT2D eigenvalue weighted by atomic mass is 10.2. The van der Waals surface area contributed by atoms with Gasteiger partial charge in [-0.3, -0.25) is 9.59 Å². The highest BCUT2D eigenvalue weighted by molar-refractivity contribution is 6.30. The number of hydrogen-bond donors (Lipinski definition) is 2. The normalized spacial score (nSPS) is 10.4. The third kappa shape index (κ3) is 6.39. The molecular formula is C17H15ClF2N2O3. The largest absolute Gasteiger partial charge is 0.435 e. The van der Waals surface area contributed by atoms with E-state index in [-0.39, 0.29) is 30.7 Å². The second kappa shape index (κ2) is 8.98. The summed E-state index contributed by atoms with van der Waals surface area (Å²) in [5, 5.41) is 5.61. The van der Waals surface area contributed by atoms with Gasteiger partial charge in [-0.2, -0.15) is 8.78 Å². The van der Waals surface area contributed by atoms with Gasteiger partial charge in [-0.25, -0.2) is 0 Å². The zero-order chi connectivity index (χ0) is 18.2. The standard InChI is InChI=1S/C17H15ClF2N2O3/c18-13-5-3-12(4-6-13)16(24)22-10-15(23)21-9-11-1-7-14(8-2-11)25-17(19)20/h1-8,17H,9-10H2,(H,21,23)(H,22,24). The summed E-state index contributed by atoms with van der Waals surface area (Å²) < 4.78 is 28.3. The van der Waals surface area contributed by atoms with E-state index in [9.17, 15) is 18.4 Å². The Hall–Kier alpha value is -2.67. The van der Waals surface area contributed by atoms with Crippen LogP contribution in [0.1, 0.15) is 15.9 Å². The van der Waals surface area contributed by atoms with Crippen LogP contribution in [0.5, 0.6) is 5.75 Å². The molecule has 25 heavy (non-hydrogen) atoms. The topological polar surface area (TPSA) is 67.4 Å². The second-order valence-electron chi connectivity index (χ2n) is 4.99. The summed E-state index contributed by atoms with van der Waals surface area (Å²) >= 11 is 5.74. The van der Waals surface area contributed by atoms with Gasteiger partial charge in [-0.15, -0.1) is 0 Å². The molecule has 0 heterocycles. The van der Waals surface area contributed by atoms with E-state index >= 15 is 0 Å². The van der Waals surface area contributed by atoms with Crippen molar-refractivity contribution in [1.82, 2.24) is 10.6 Å². The van der Waals surface area contributed by atoms with E-state index in [2.05, 4.69) is 15.4 Å². The Bertz CT molecular complexity index is 722. The molecule has 0 fully saturated rings. The van der Waals surface area contributed by atoms with Crippen LogP contribution in [0.15, 0.2) is 48.5 Å². The van der Waals surface area contributed by atoms with Crippen LogP contribution in [0.4, 0.5) is 8.78 Å². The first kappa shape index (κ1) is 18.7. The maximum absolute atomic E-state index is 12.0. The number of carbonyl (C=O) groups is 2. The number of hydrogen-bond acceptors (Lipinski definition) is 3. The third-order valence-corrected chi connectivity index (χ3v) is 3.41. The van der Waals surface area contributed by atoms with E-state index in [0.29, 0.717) is 16.1 Å². The van der Waals surface area contributed by atoms with Crippen molar-refractivity contribution >= 4 is 23.4 Å². The Labute approximate surface area is 147 Å². The monoisotopic (exact) mass is 368 g/mol. The average molecular weight is 369 g/mol. The van der Waals surface area contributed by atoms with Crippen molar-refractivity contribution in [3.63, 3.8) is 0 Å². The molecule has 0 aromatic heterocycles. The summed E-state index contributed by atoms with van der Waals surface area (Å²) in [6.07, 6.45) is 0. The fourth-order valence-electron chi connectivity index (χ4n) is 1.92. The van der Waals surface area contributed by atoms with Crippen LogP contribution >= 0.6 is 11.6 Å². The van der Waals surface area contributed by atoms with Gasteiger partial charge in [0, 0.05) is 17.1 Å². The SMILES string of the molecule is O=C(CNC(=O)c1ccc(Cl)cc1)NCc1ccc(OC(F)F)cc1. The minimum absolute atomic E-state index is 0.0419. The van der Waals surface area contributed by atoms with Crippen LogP contribution in [-0.4, -0.2) is 25.0 Å². The highest BCUT2D eigenvalue weighted by atomic mass is 35.5. The molecule has 0 aliphatic heterocycles. The van der Waals surface area contributed by atoms with E-state index in [0.717, 1.165) is 0 Å². The van der Waals surface area contributed by atoms with Gasteiger partial charge in [0.05, 0.1) is 6.54 Å². The van der Waals surface area contributed by atoms with Crippen molar-refractivity contribution in [1.29, 1.82) is 0 Å². The molecule has 0 atom stereocenters. The lowest BCUT2D eigenvalue weighted by Crippen LogP contribution is -2.36. The molecule has 2 aromatic carbocycles. The number of halogens is 3. The van der Waals surface area contributed by atoms with Crippen molar-refractivity contribution in [2.75, 3.05) is 6.54 Å². The summed E-state index contributed by atoms with van der Waals surface area (Å²) in [4.78, 5) is 23.6. The molecule has 0 unspecified atom stereocenters. The number of rotatable bonds is 7. The first-order chi connectivity index (χ1) is 11.9. The molecule has 0 aliphatic carbocycles. The van der Waals surface area contributed by atoms with Crippen LogP contribution in [-0.2, 0) is 11.3 Å². The Morgan fingerprint density at radius 2 is 1.64 bits per heavy atom. The van der Waals surface area contributed by atoms with E-state index in [4.69, 9.17) is 11.6 Å². The minimum atomic E-state index is -2.88. The molecule has 5 nitrogen and oxygen atoms in total. The smallest absolute Gasteiger partial charge is 0.387 e. The van der Waals surface area contributed by atoms with Gasteiger partial charge in [-0.05, 0) is 42.0 Å². The van der Waals surface area contributed by atoms with Gasteiger partial charge in [0.25, 0.3) is 5.91 Å². The maximum Gasteiger partial charge on any atom is 0.387 e. The summed E-state index contributed by atoms with van der Waals surface area (Å²) in [5.74, 6) is -0.726. The van der Waals surface area contributed by atoms with Gasteiger partial charge in [0.15, 0.2) is 0 Å². The number of carbonyl (C=O) groups excluding carboxylic acids is 2. The van der Waals surface area contributed by atoms with Gasteiger partial charge in [0.2, 0.25) is 5.91 Å². The number of nitrogens with one attached hydrogen (secondary N) is 2. The summed E-state index contributed by atoms with van der Waals surface area (Å²) in [5.41, 5.74) is 1.10. The van der Waals surface area contributed by atoms with Crippen LogP contribution in [0, 0.1) is 0 Å². The van der Waals surface area contributed by atoms with Crippen molar-refractivity contribution in [3.05, 3.63) is 64.7 Å². The van der Waals surface area contributed by atoms with E-state index in [1.165, 1.54) is 12.1 Å². The number of benzene rings is 2. The predicted molar refractivity (Wildman–Crippen MR) is 88.7 cm³/mol. The Balaban J connectivity index is 1.75. The molecule has 2 N–H and O–H groups in total. The van der Waals surface area contributed by atoms with Crippen molar-refractivity contribution in [2.24, 2.45) is 0 Å². The highest BCUT2D eigenvalue weighted by Crippen LogP contribution is 2.14. The molecule has 2 rings (SSSR count). The van der Waals surface area contributed by atoms with E-state index in [1.54, 1.807) is 36.4 Å². The number of amides is 2. The number of alkyl halides is 2. The maximum atomic E-state index is 12.0. The molecule has 132 valence electrons. The third-order valence-electron chi connectivity index (χ3n) is 3.15. The van der Waals surface area contributed by atoms with Gasteiger partial charge >= 0.3 is 6.61 Å². The molecule has 2 amide bonds. The molecule has 0 radical (unpaired) electrons. The fraction of sp³-hybridized carbons (Fsp3) is 0.176. The summed E-state index contributed by atoms with van der Waals surface area (Å²) in [6.45, 7) is -2.87. The lowest BCUT2D eigenvalue weighted by Gasteiger charge is -2.08. The lowest BCUT2D eigenvalue weighted by molar-refractivity contribution is -0.120. The first-order valence-electron chi connectivity index (χ1n) is 7.28. The van der Waals surface area contributed by atoms with Crippen LogP contribution < -0.4 is 15.4 Å². The summed E-state index contributed by atoms with van der Waals surface area (Å²) in [6, 6.07) is 12.2. The zero-order valence-electron chi connectivity index (χ0n) is 13.0. The molecule has 8 heteroatoms. The quantitative estimate of drug-likeness (QED) is 0.789. The fourth-order valence-corrected chi connectivity index (χ4v) is 2.04.